The number of fused-ring (bicyclic) bond motifs is 1. The molecule has 9 nitrogen and oxygen atoms in total. The van der Waals surface area contributed by atoms with Crippen molar-refractivity contribution in [2.24, 2.45) is 7.05 Å². The highest BCUT2D eigenvalue weighted by atomic mass is 16.6. The molecule has 5 rings (SSSR count). The molecule has 1 saturated heterocycles. The summed E-state index contributed by atoms with van der Waals surface area (Å²) in [7, 11) is 5.05. The van der Waals surface area contributed by atoms with Crippen LogP contribution in [-0.2, 0) is 23.1 Å². The highest BCUT2D eigenvalue weighted by Gasteiger charge is 2.33. The summed E-state index contributed by atoms with van der Waals surface area (Å²) < 4.78 is 20.0. The third kappa shape index (κ3) is 6.18. The molecular weight excluding hydrogens is 544 g/mol. The number of aryl methyl sites for hydroxylation is 3. The summed E-state index contributed by atoms with van der Waals surface area (Å²) in [5.41, 5.74) is 6.18. The number of hydrogen-bond acceptors (Lipinski definition) is 7. The number of likely N-dealkylation sites (tertiary alicyclic amines) is 1. The SMILES string of the molecule is COC(=O)c1ccc([C@@H]2CC(c3cn(C)nc3C)CCN2Cc2c(OC)cc(C)c3c2ccn3C(=O)OC(C)(C)C)cc1. The minimum Gasteiger partial charge on any atom is -0.496 e. The van der Waals surface area contributed by atoms with E-state index in [9.17, 15) is 9.59 Å². The minimum absolute atomic E-state index is 0.0825. The van der Waals surface area contributed by atoms with Gasteiger partial charge in [0.05, 0.1) is 31.0 Å². The van der Waals surface area contributed by atoms with Gasteiger partial charge in [-0.15, -0.1) is 0 Å². The molecule has 9 heteroatoms. The quantitative estimate of drug-likeness (QED) is 0.233. The van der Waals surface area contributed by atoms with Gasteiger partial charge >= 0.3 is 12.1 Å². The molecule has 1 unspecified atom stereocenters. The molecule has 2 aromatic carbocycles. The number of aromatic nitrogens is 3. The number of esters is 1. The van der Waals surface area contributed by atoms with Gasteiger partial charge in [-0.2, -0.15) is 5.10 Å². The Labute approximate surface area is 253 Å². The summed E-state index contributed by atoms with van der Waals surface area (Å²) in [5.74, 6) is 0.789. The van der Waals surface area contributed by atoms with E-state index in [1.807, 2.05) is 75.8 Å². The lowest BCUT2D eigenvalue weighted by Gasteiger charge is -2.40. The molecular formula is C34H42N4O5. The number of carbonyl (C=O) groups excluding carboxylic acids is 2. The maximum Gasteiger partial charge on any atom is 0.419 e. The molecule has 0 saturated carbocycles. The fourth-order valence-corrected chi connectivity index (χ4v) is 6.39. The van der Waals surface area contributed by atoms with Gasteiger partial charge in [-0.1, -0.05) is 12.1 Å². The van der Waals surface area contributed by atoms with Crippen molar-refractivity contribution in [1.29, 1.82) is 0 Å². The standard InChI is InChI=1S/C34H42N4O5/c1-21-17-30(41-7)28(26-14-16-38(31(21)26)33(40)43-34(3,4)5)20-37-15-13-25(27-19-36(6)35-22(27)2)18-29(37)23-9-11-24(12-10-23)32(39)42-8/h9-12,14,16-17,19,25,29H,13,15,18,20H2,1-8H3/t25?,29-/m0/s1. The van der Waals surface area contributed by atoms with Crippen molar-refractivity contribution in [1.82, 2.24) is 19.2 Å². The maximum absolute atomic E-state index is 13.1. The Balaban J connectivity index is 1.54. The summed E-state index contributed by atoms with van der Waals surface area (Å²) in [5, 5.41) is 5.58. The molecule has 0 aliphatic carbocycles. The van der Waals surface area contributed by atoms with Gasteiger partial charge in [0.2, 0.25) is 0 Å². The van der Waals surface area contributed by atoms with Crippen LogP contribution in [0.1, 0.15) is 83.9 Å². The smallest absolute Gasteiger partial charge is 0.419 e. The normalized spacial score (nSPS) is 17.7. The van der Waals surface area contributed by atoms with E-state index in [1.54, 1.807) is 17.9 Å². The molecule has 2 aromatic heterocycles. The monoisotopic (exact) mass is 586 g/mol. The summed E-state index contributed by atoms with van der Waals surface area (Å²) in [6.07, 6.45) is 5.41. The Morgan fingerprint density at radius 1 is 1.07 bits per heavy atom. The fraction of sp³-hybridized carbons (Fsp3) is 0.441. The van der Waals surface area contributed by atoms with Gasteiger partial charge in [-0.25, -0.2) is 9.59 Å². The van der Waals surface area contributed by atoms with E-state index in [-0.39, 0.29) is 12.0 Å². The molecule has 0 radical (unpaired) electrons. The third-order valence-corrected chi connectivity index (χ3v) is 8.32. The molecule has 228 valence electrons. The van der Waals surface area contributed by atoms with Crippen LogP contribution in [-0.4, -0.2) is 57.7 Å². The molecule has 4 aromatic rings. The number of nitrogens with zero attached hydrogens (tertiary/aromatic N) is 4. The molecule has 2 atom stereocenters. The molecule has 3 heterocycles. The van der Waals surface area contributed by atoms with Crippen LogP contribution >= 0.6 is 0 Å². The molecule has 0 spiro atoms. The summed E-state index contributed by atoms with van der Waals surface area (Å²) in [4.78, 5) is 27.8. The average molecular weight is 587 g/mol. The molecule has 0 amide bonds. The van der Waals surface area contributed by atoms with Crippen molar-refractivity contribution < 1.29 is 23.8 Å². The van der Waals surface area contributed by atoms with Crippen LogP contribution in [0.3, 0.4) is 0 Å². The number of hydrogen-bond donors (Lipinski definition) is 0. The Kier molecular flexibility index (Phi) is 8.38. The first-order valence-electron chi connectivity index (χ1n) is 14.7. The number of rotatable bonds is 6. The van der Waals surface area contributed by atoms with Crippen molar-refractivity contribution in [2.75, 3.05) is 20.8 Å². The molecule has 43 heavy (non-hydrogen) atoms. The lowest BCUT2D eigenvalue weighted by molar-refractivity contribution is 0.0542. The summed E-state index contributed by atoms with van der Waals surface area (Å²) in [6.45, 7) is 11.1. The second kappa shape index (κ2) is 11.9. The van der Waals surface area contributed by atoms with Crippen molar-refractivity contribution in [3.05, 3.63) is 82.3 Å². The lowest BCUT2D eigenvalue weighted by atomic mass is 9.82. The van der Waals surface area contributed by atoms with Crippen molar-refractivity contribution in [3.63, 3.8) is 0 Å². The minimum atomic E-state index is -0.607. The first-order chi connectivity index (χ1) is 20.4. The Bertz CT molecular complexity index is 1640. The van der Waals surface area contributed by atoms with Crippen molar-refractivity contribution in [3.8, 4) is 5.75 Å². The van der Waals surface area contributed by atoms with Gasteiger partial charge in [-0.3, -0.25) is 14.1 Å². The summed E-state index contributed by atoms with van der Waals surface area (Å²) >= 11 is 0. The Morgan fingerprint density at radius 3 is 2.40 bits per heavy atom. The number of carbonyl (C=O) groups is 2. The van der Waals surface area contributed by atoms with Crippen molar-refractivity contribution >= 4 is 23.0 Å². The second-order valence-electron chi connectivity index (χ2n) is 12.5. The van der Waals surface area contributed by atoms with Gasteiger partial charge < -0.3 is 14.2 Å². The number of methoxy groups -OCH3 is 2. The molecule has 1 aliphatic heterocycles. The zero-order chi connectivity index (χ0) is 31.1. The maximum atomic E-state index is 13.1. The average Bonchev–Trinajstić information content (AvgIpc) is 3.56. The highest BCUT2D eigenvalue weighted by Crippen LogP contribution is 2.43. The first kappa shape index (κ1) is 30.4. The fourth-order valence-electron chi connectivity index (χ4n) is 6.39. The van der Waals surface area contributed by atoms with E-state index in [1.165, 1.54) is 12.7 Å². The molecule has 0 N–H and O–H groups in total. The Hall–Kier alpha value is -4.11. The van der Waals surface area contributed by atoms with Crippen LogP contribution < -0.4 is 4.74 Å². The lowest BCUT2D eigenvalue weighted by Crippen LogP contribution is -2.36. The van der Waals surface area contributed by atoms with Gasteiger partial charge in [0.25, 0.3) is 0 Å². The second-order valence-corrected chi connectivity index (χ2v) is 12.5. The molecule has 1 aliphatic rings. The van der Waals surface area contributed by atoms with Crippen LogP contribution in [0.15, 0.2) is 48.8 Å². The van der Waals surface area contributed by atoms with Crippen molar-refractivity contribution in [2.45, 2.75) is 71.6 Å². The highest BCUT2D eigenvalue weighted by molar-refractivity contribution is 5.95. The van der Waals surface area contributed by atoms with Gasteiger partial charge in [0, 0.05) is 43.0 Å². The van der Waals surface area contributed by atoms with E-state index in [0.29, 0.717) is 18.0 Å². The van der Waals surface area contributed by atoms with Crippen LogP contribution in [0.2, 0.25) is 0 Å². The van der Waals surface area contributed by atoms with Gasteiger partial charge in [0.15, 0.2) is 0 Å². The third-order valence-electron chi connectivity index (χ3n) is 8.32. The zero-order valence-electron chi connectivity index (χ0n) is 26.4. The summed E-state index contributed by atoms with van der Waals surface area (Å²) in [6, 6.07) is 11.8. The number of benzene rings is 2. The zero-order valence-corrected chi connectivity index (χ0v) is 26.4. The van der Waals surface area contributed by atoms with E-state index in [2.05, 4.69) is 23.1 Å². The predicted octanol–water partition coefficient (Wildman–Crippen LogP) is 6.69. The predicted molar refractivity (Wildman–Crippen MR) is 166 cm³/mol. The molecule has 1 fully saturated rings. The topological polar surface area (TPSA) is 87.8 Å². The Morgan fingerprint density at radius 2 is 1.79 bits per heavy atom. The van der Waals surface area contributed by atoms with E-state index < -0.39 is 11.7 Å². The van der Waals surface area contributed by atoms with Crippen LogP contribution in [0, 0.1) is 13.8 Å². The van der Waals surface area contributed by atoms with Gasteiger partial charge in [0.1, 0.15) is 11.4 Å². The molecule has 0 bridgehead atoms. The van der Waals surface area contributed by atoms with E-state index in [0.717, 1.165) is 58.4 Å². The number of ether oxygens (including phenoxy) is 3. The first-order valence-corrected chi connectivity index (χ1v) is 14.7. The van der Waals surface area contributed by atoms with E-state index in [4.69, 9.17) is 14.2 Å². The van der Waals surface area contributed by atoms with Gasteiger partial charge in [-0.05, 0) is 101 Å². The number of piperidine rings is 1. The largest absolute Gasteiger partial charge is 0.496 e. The van der Waals surface area contributed by atoms with Crippen LogP contribution in [0.5, 0.6) is 5.75 Å². The van der Waals surface area contributed by atoms with E-state index >= 15 is 0 Å². The van der Waals surface area contributed by atoms with Crippen LogP contribution in [0.4, 0.5) is 4.79 Å². The van der Waals surface area contributed by atoms with Crippen LogP contribution in [0.25, 0.3) is 10.9 Å².